The van der Waals surface area contributed by atoms with Gasteiger partial charge in [-0.15, -0.1) is 0 Å². The molecule has 1 heterocycles. The number of nitrogens with zero attached hydrogens (tertiary/aromatic N) is 1. The number of nitrogens with one attached hydrogen (secondary N) is 1. The van der Waals surface area contributed by atoms with Gasteiger partial charge in [0, 0.05) is 11.3 Å². The molecule has 0 aliphatic rings. The molecule has 1 aromatic heterocycles. The third-order valence-electron chi connectivity index (χ3n) is 3.43. The Labute approximate surface area is 156 Å². The third-order valence-corrected chi connectivity index (χ3v) is 4.03. The van der Waals surface area contributed by atoms with Crippen molar-refractivity contribution in [2.45, 2.75) is 11.9 Å². The van der Waals surface area contributed by atoms with Crippen LogP contribution in [0.5, 0.6) is 0 Å². The Morgan fingerprint density at radius 1 is 1.15 bits per heavy atom. The Balaban J connectivity index is 0.000000321. The average Bonchev–Trinajstić information content (AvgIpc) is 2.62. The van der Waals surface area contributed by atoms with Crippen LogP contribution in [-0.4, -0.2) is 33.5 Å². The number of H-pyrrole nitrogens is 1. The first kappa shape index (κ1) is 20.5. The third kappa shape index (κ3) is 5.33. The summed E-state index contributed by atoms with van der Waals surface area (Å²) in [7, 11) is 0. The highest BCUT2D eigenvalue weighted by Gasteiger charge is 2.38. The summed E-state index contributed by atoms with van der Waals surface area (Å²) in [4.78, 5) is 28.5. The number of aliphatic carboxylic acids is 1. The summed E-state index contributed by atoms with van der Waals surface area (Å²) in [5.74, 6) is -1.22. The minimum atomic E-state index is -5.08. The SMILES string of the molecule is CSCc1ccccc1-c1nc2ccccc2c(=O)[nH]1.O=C(O)C(F)(F)F. The Morgan fingerprint density at radius 2 is 1.74 bits per heavy atom. The van der Waals surface area contributed by atoms with Gasteiger partial charge in [0.25, 0.3) is 5.56 Å². The minimum absolute atomic E-state index is 0.0930. The maximum absolute atomic E-state index is 12.1. The van der Waals surface area contributed by atoms with E-state index in [0.29, 0.717) is 11.2 Å². The van der Waals surface area contributed by atoms with E-state index in [0.717, 1.165) is 16.8 Å². The maximum atomic E-state index is 12.1. The molecule has 3 rings (SSSR count). The molecule has 0 saturated carbocycles. The van der Waals surface area contributed by atoms with Crippen molar-refractivity contribution in [3.05, 3.63) is 64.4 Å². The lowest BCUT2D eigenvalue weighted by molar-refractivity contribution is -0.192. The highest BCUT2D eigenvalue weighted by molar-refractivity contribution is 7.97. The average molecular weight is 396 g/mol. The number of carboxylic acids is 1. The molecule has 0 saturated heterocycles. The number of alkyl halides is 3. The van der Waals surface area contributed by atoms with Crippen LogP contribution in [0.4, 0.5) is 13.2 Å². The molecule has 0 atom stereocenters. The van der Waals surface area contributed by atoms with Gasteiger partial charge in [0.15, 0.2) is 0 Å². The van der Waals surface area contributed by atoms with E-state index in [2.05, 4.69) is 22.3 Å². The molecule has 9 heteroatoms. The standard InChI is InChI=1S/C16H14N2OS.C2HF3O2/c1-20-10-11-6-2-3-7-12(11)15-17-14-9-5-4-8-13(14)16(19)18-15;3-2(4,5)1(6)7/h2-9H,10H2,1H3,(H,17,18,19);(H,6,7). The molecule has 2 N–H and O–H groups in total. The summed E-state index contributed by atoms with van der Waals surface area (Å²) in [5, 5.41) is 7.75. The van der Waals surface area contributed by atoms with Gasteiger partial charge in [-0.1, -0.05) is 36.4 Å². The first-order valence-corrected chi connectivity index (χ1v) is 9.00. The normalized spacial score (nSPS) is 11.0. The molecular weight excluding hydrogens is 381 g/mol. The predicted molar refractivity (Wildman–Crippen MR) is 98.7 cm³/mol. The summed E-state index contributed by atoms with van der Waals surface area (Å²) in [6, 6.07) is 15.4. The quantitative estimate of drug-likeness (QED) is 0.697. The van der Waals surface area contributed by atoms with E-state index in [-0.39, 0.29) is 5.56 Å². The molecule has 0 amide bonds. The van der Waals surface area contributed by atoms with E-state index in [1.165, 1.54) is 5.56 Å². The van der Waals surface area contributed by atoms with Crippen molar-refractivity contribution >= 4 is 28.6 Å². The van der Waals surface area contributed by atoms with Crippen LogP contribution >= 0.6 is 11.8 Å². The molecule has 0 unspecified atom stereocenters. The van der Waals surface area contributed by atoms with Crippen LogP contribution in [0.15, 0.2) is 53.3 Å². The summed E-state index contributed by atoms with van der Waals surface area (Å²) < 4.78 is 31.7. The van der Waals surface area contributed by atoms with Crippen LogP contribution in [0.3, 0.4) is 0 Å². The molecule has 27 heavy (non-hydrogen) atoms. The van der Waals surface area contributed by atoms with Gasteiger partial charge in [-0.3, -0.25) is 4.79 Å². The summed E-state index contributed by atoms with van der Waals surface area (Å²) >= 11 is 1.75. The molecule has 0 aliphatic carbocycles. The Kier molecular flexibility index (Phi) is 6.62. The lowest BCUT2D eigenvalue weighted by Crippen LogP contribution is -2.21. The van der Waals surface area contributed by atoms with Crippen molar-refractivity contribution in [2.24, 2.45) is 0 Å². The van der Waals surface area contributed by atoms with Crippen molar-refractivity contribution in [1.29, 1.82) is 0 Å². The minimum Gasteiger partial charge on any atom is -0.475 e. The molecule has 0 fully saturated rings. The summed E-state index contributed by atoms with van der Waals surface area (Å²) in [5.41, 5.74) is 2.80. The highest BCUT2D eigenvalue weighted by Crippen LogP contribution is 2.23. The molecule has 0 radical (unpaired) electrons. The molecule has 0 aliphatic heterocycles. The van der Waals surface area contributed by atoms with Crippen LogP contribution in [0.25, 0.3) is 22.3 Å². The lowest BCUT2D eigenvalue weighted by atomic mass is 10.1. The van der Waals surface area contributed by atoms with Crippen molar-refractivity contribution in [2.75, 3.05) is 6.26 Å². The number of benzene rings is 2. The predicted octanol–water partition coefficient (Wildman–Crippen LogP) is 4.09. The number of rotatable bonds is 3. The monoisotopic (exact) mass is 396 g/mol. The molecular formula is C18H15F3N2O3S. The van der Waals surface area contributed by atoms with E-state index in [9.17, 15) is 18.0 Å². The van der Waals surface area contributed by atoms with Gasteiger partial charge in [-0.25, -0.2) is 9.78 Å². The van der Waals surface area contributed by atoms with Crippen molar-refractivity contribution in [3.63, 3.8) is 0 Å². The fraction of sp³-hybridized carbons (Fsp3) is 0.167. The fourth-order valence-corrected chi connectivity index (χ4v) is 2.81. The van der Waals surface area contributed by atoms with Crippen molar-refractivity contribution in [3.8, 4) is 11.4 Å². The van der Waals surface area contributed by atoms with Crippen LogP contribution in [0.1, 0.15) is 5.56 Å². The Morgan fingerprint density at radius 3 is 2.37 bits per heavy atom. The van der Waals surface area contributed by atoms with Crippen LogP contribution in [0.2, 0.25) is 0 Å². The number of carbonyl (C=O) groups is 1. The van der Waals surface area contributed by atoms with E-state index in [4.69, 9.17) is 9.90 Å². The van der Waals surface area contributed by atoms with E-state index in [1.807, 2.05) is 36.4 Å². The van der Waals surface area contributed by atoms with Gasteiger partial charge in [-0.05, 0) is 24.0 Å². The first-order valence-electron chi connectivity index (χ1n) is 7.60. The van der Waals surface area contributed by atoms with Gasteiger partial charge in [0.1, 0.15) is 5.82 Å². The summed E-state index contributed by atoms with van der Waals surface area (Å²) in [6.07, 6.45) is -3.02. The number of aromatic amines is 1. The largest absolute Gasteiger partial charge is 0.490 e. The van der Waals surface area contributed by atoms with Gasteiger partial charge in [0.05, 0.1) is 10.9 Å². The first-order chi connectivity index (χ1) is 12.7. The molecule has 3 aromatic rings. The molecule has 2 aromatic carbocycles. The molecule has 0 bridgehead atoms. The van der Waals surface area contributed by atoms with E-state index >= 15 is 0 Å². The topological polar surface area (TPSA) is 83.0 Å². The fourth-order valence-electron chi connectivity index (χ4n) is 2.25. The smallest absolute Gasteiger partial charge is 0.475 e. The zero-order valence-corrected chi connectivity index (χ0v) is 14.9. The number of hydrogen-bond acceptors (Lipinski definition) is 4. The van der Waals surface area contributed by atoms with Crippen LogP contribution < -0.4 is 5.56 Å². The van der Waals surface area contributed by atoms with Gasteiger partial charge in [-0.2, -0.15) is 24.9 Å². The van der Waals surface area contributed by atoms with Gasteiger partial charge < -0.3 is 10.1 Å². The van der Waals surface area contributed by atoms with Gasteiger partial charge in [0.2, 0.25) is 0 Å². The number of para-hydroxylation sites is 1. The number of aromatic nitrogens is 2. The Hall–Kier alpha value is -2.81. The highest BCUT2D eigenvalue weighted by atomic mass is 32.2. The van der Waals surface area contributed by atoms with Crippen LogP contribution in [-0.2, 0) is 10.5 Å². The lowest BCUT2D eigenvalue weighted by Gasteiger charge is -2.08. The number of thioether (sulfide) groups is 1. The second-order valence-corrected chi connectivity index (χ2v) is 6.19. The molecule has 142 valence electrons. The zero-order chi connectivity index (χ0) is 20.0. The summed E-state index contributed by atoms with van der Waals surface area (Å²) in [6.45, 7) is 0. The molecule has 5 nitrogen and oxygen atoms in total. The maximum Gasteiger partial charge on any atom is 0.490 e. The number of carboxylic acid groups (broad SMARTS) is 1. The molecule has 0 spiro atoms. The van der Waals surface area contributed by atoms with E-state index < -0.39 is 12.1 Å². The van der Waals surface area contributed by atoms with E-state index in [1.54, 1.807) is 17.8 Å². The number of hydrogen-bond donors (Lipinski definition) is 2. The number of fused-ring (bicyclic) bond motifs is 1. The van der Waals surface area contributed by atoms with Crippen LogP contribution in [0, 0.1) is 0 Å². The van der Waals surface area contributed by atoms with Crippen molar-refractivity contribution in [1.82, 2.24) is 9.97 Å². The Bertz CT molecular complexity index is 1000. The van der Waals surface area contributed by atoms with Crippen molar-refractivity contribution < 1.29 is 23.1 Å². The second-order valence-electron chi connectivity index (χ2n) is 5.32. The zero-order valence-electron chi connectivity index (χ0n) is 14.1. The number of halogens is 3. The second kappa shape index (κ2) is 8.72. The van der Waals surface area contributed by atoms with Gasteiger partial charge >= 0.3 is 12.1 Å².